The second kappa shape index (κ2) is 6.27. The molecule has 1 atom stereocenters. The molecule has 24 heavy (non-hydrogen) atoms. The molecule has 2 heterocycles. The fourth-order valence-electron chi connectivity index (χ4n) is 2.65. The normalized spacial score (nSPS) is 20.3. The van der Waals surface area contributed by atoms with Crippen molar-refractivity contribution >= 4 is 17.6 Å². The third-order valence-corrected chi connectivity index (χ3v) is 3.94. The lowest BCUT2D eigenvalue weighted by Gasteiger charge is -2.19. The minimum Gasteiger partial charge on any atom is -0.493 e. The third-order valence-electron chi connectivity index (χ3n) is 3.94. The van der Waals surface area contributed by atoms with Crippen molar-refractivity contribution < 1.29 is 18.7 Å². The van der Waals surface area contributed by atoms with Crippen molar-refractivity contribution in [1.29, 1.82) is 0 Å². The van der Waals surface area contributed by atoms with E-state index >= 15 is 0 Å². The molecule has 0 radical (unpaired) electrons. The molecule has 0 saturated carbocycles. The maximum Gasteiger partial charge on any atom is 0.325 e. The van der Waals surface area contributed by atoms with E-state index in [2.05, 4.69) is 5.32 Å². The Bertz CT molecular complexity index is 744. The van der Waals surface area contributed by atoms with E-state index in [0.717, 1.165) is 0 Å². The molecule has 3 amide bonds. The number of carbonyl (C=O) groups is 2. The van der Waals surface area contributed by atoms with Crippen LogP contribution in [0, 0.1) is 0 Å². The van der Waals surface area contributed by atoms with Crippen LogP contribution < -0.4 is 15.8 Å². The first kappa shape index (κ1) is 15.9. The Kier molecular flexibility index (Phi) is 4.16. The largest absolute Gasteiger partial charge is 0.493 e. The van der Waals surface area contributed by atoms with Crippen LogP contribution in [-0.2, 0) is 10.3 Å². The molecular weight excluding hydrogens is 310 g/mol. The van der Waals surface area contributed by atoms with Crippen molar-refractivity contribution in [2.24, 2.45) is 0 Å². The van der Waals surface area contributed by atoms with Gasteiger partial charge in [-0.05, 0) is 37.6 Å². The highest BCUT2D eigenvalue weighted by molar-refractivity contribution is 6.06. The van der Waals surface area contributed by atoms with Crippen LogP contribution in [0.5, 0.6) is 5.75 Å². The average Bonchev–Trinajstić information content (AvgIpc) is 3.15. The summed E-state index contributed by atoms with van der Waals surface area (Å²) in [7, 11) is 0. The first-order valence-electron chi connectivity index (χ1n) is 7.67. The summed E-state index contributed by atoms with van der Waals surface area (Å²) in [4.78, 5) is 25.9. The number of nitrogen functional groups attached to an aromatic ring is 1. The molecule has 126 valence electrons. The first-order valence-corrected chi connectivity index (χ1v) is 7.67. The highest BCUT2D eigenvalue weighted by atomic mass is 16.5. The average molecular weight is 329 g/mol. The number of hydrogen-bond acceptors (Lipinski definition) is 5. The topological polar surface area (TPSA) is 97.8 Å². The molecule has 1 aromatic carbocycles. The lowest BCUT2D eigenvalue weighted by Crippen LogP contribution is -2.40. The fourth-order valence-corrected chi connectivity index (χ4v) is 2.65. The van der Waals surface area contributed by atoms with Gasteiger partial charge in [0.25, 0.3) is 5.91 Å². The van der Waals surface area contributed by atoms with Crippen LogP contribution in [0.4, 0.5) is 10.5 Å². The van der Waals surface area contributed by atoms with E-state index in [9.17, 15) is 9.59 Å². The van der Waals surface area contributed by atoms with Crippen LogP contribution in [0.25, 0.3) is 0 Å². The van der Waals surface area contributed by atoms with Crippen LogP contribution in [-0.4, -0.2) is 30.0 Å². The lowest BCUT2D eigenvalue weighted by atomic mass is 9.99. The molecule has 0 bridgehead atoms. The van der Waals surface area contributed by atoms with Gasteiger partial charge in [-0.2, -0.15) is 0 Å². The van der Waals surface area contributed by atoms with Crippen molar-refractivity contribution in [3.05, 3.63) is 48.4 Å². The van der Waals surface area contributed by atoms with E-state index in [4.69, 9.17) is 14.9 Å². The number of imide groups is 1. The van der Waals surface area contributed by atoms with E-state index in [0.29, 0.717) is 30.2 Å². The van der Waals surface area contributed by atoms with E-state index in [-0.39, 0.29) is 12.5 Å². The van der Waals surface area contributed by atoms with Gasteiger partial charge in [0.05, 0.1) is 12.9 Å². The minimum atomic E-state index is -1.16. The molecule has 1 aliphatic rings. The number of hydrogen-bond donors (Lipinski definition) is 2. The molecule has 1 unspecified atom stereocenters. The molecule has 1 fully saturated rings. The third kappa shape index (κ3) is 2.92. The van der Waals surface area contributed by atoms with Gasteiger partial charge < -0.3 is 20.2 Å². The number of nitrogens with zero attached hydrogens (tertiary/aromatic N) is 1. The van der Waals surface area contributed by atoms with Gasteiger partial charge in [0.2, 0.25) is 0 Å². The summed E-state index contributed by atoms with van der Waals surface area (Å²) < 4.78 is 10.9. The van der Waals surface area contributed by atoms with Gasteiger partial charge >= 0.3 is 6.03 Å². The van der Waals surface area contributed by atoms with E-state index in [1.54, 1.807) is 43.3 Å². The first-order chi connectivity index (χ1) is 11.5. The Morgan fingerprint density at radius 1 is 1.29 bits per heavy atom. The Balaban J connectivity index is 1.56. The zero-order valence-electron chi connectivity index (χ0n) is 13.3. The standard InChI is InChI=1S/C17H19N3O4/c1-17(14-7-3-9-24-14)15(21)20(16(22)19-17)8-4-10-23-13-6-2-5-12(18)11-13/h2-3,5-7,9,11H,4,8,10,18H2,1H3,(H,19,22). The van der Waals surface area contributed by atoms with Gasteiger partial charge in [-0.25, -0.2) is 4.79 Å². The van der Waals surface area contributed by atoms with Gasteiger partial charge in [0, 0.05) is 18.3 Å². The number of ether oxygens (including phenoxy) is 1. The van der Waals surface area contributed by atoms with Crippen molar-refractivity contribution in [3.8, 4) is 5.75 Å². The van der Waals surface area contributed by atoms with Gasteiger partial charge in [0.15, 0.2) is 5.54 Å². The zero-order valence-corrected chi connectivity index (χ0v) is 13.3. The molecule has 1 aliphatic heterocycles. The maximum absolute atomic E-state index is 12.6. The maximum atomic E-state index is 12.6. The summed E-state index contributed by atoms with van der Waals surface area (Å²) in [5.74, 6) is 0.749. The number of urea groups is 1. The summed E-state index contributed by atoms with van der Waals surface area (Å²) in [6.45, 7) is 2.27. The summed E-state index contributed by atoms with van der Waals surface area (Å²) in [5, 5.41) is 2.68. The molecule has 1 aromatic heterocycles. The van der Waals surface area contributed by atoms with Gasteiger partial charge in [-0.3, -0.25) is 9.69 Å². The summed E-state index contributed by atoms with van der Waals surface area (Å²) in [5.41, 5.74) is 5.14. The molecule has 7 heteroatoms. The molecule has 0 spiro atoms. The molecular formula is C17H19N3O4. The van der Waals surface area contributed by atoms with Gasteiger partial charge in [-0.15, -0.1) is 0 Å². The highest BCUT2D eigenvalue weighted by Crippen LogP contribution is 2.29. The Morgan fingerprint density at radius 3 is 2.83 bits per heavy atom. The lowest BCUT2D eigenvalue weighted by molar-refractivity contribution is -0.131. The van der Waals surface area contributed by atoms with Crippen molar-refractivity contribution in [1.82, 2.24) is 10.2 Å². The molecule has 7 nitrogen and oxygen atoms in total. The van der Waals surface area contributed by atoms with Crippen LogP contribution in [0.1, 0.15) is 19.1 Å². The van der Waals surface area contributed by atoms with Crippen LogP contribution >= 0.6 is 0 Å². The minimum absolute atomic E-state index is 0.267. The molecule has 1 saturated heterocycles. The van der Waals surface area contributed by atoms with Gasteiger partial charge in [0.1, 0.15) is 11.5 Å². The number of nitrogens with one attached hydrogen (secondary N) is 1. The Labute approximate surface area is 139 Å². The smallest absolute Gasteiger partial charge is 0.325 e. The number of nitrogens with two attached hydrogens (primary N) is 1. The number of amides is 3. The summed E-state index contributed by atoms with van der Waals surface area (Å²) in [6.07, 6.45) is 1.99. The molecule has 3 N–H and O–H groups in total. The fraction of sp³-hybridized carbons (Fsp3) is 0.294. The van der Waals surface area contributed by atoms with Crippen molar-refractivity contribution in [2.75, 3.05) is 18.9 Å². The monoisotopic (exact) mass is 329 g/mol. The predicted molar refractivity (Wildman–Crippen MR) is 87.3 cm³/mol. The predicted octanol–water partition coefficient (Wildman–Crippen LogP) is 2.10. The number of carbonyl (C=O) groups excluding carboxylic acids is 2. The van der Waals surface area contributed by atoms with Crippen molar-refractivity contribution in [3.63, 3.8) is 0 Å². The second-order valence-corrected chi connectivity index (χ2v) is 5.76. The highest BCUT2D eigenvalue weighted by Gasteiger charge is 2.50. The number of anilines is 1. The summed E-state index contributed by atoms with van der Waals surface area (Å²) in [6, 6.07) is 10.0. The quantitative estimate of drug-likeness (QED) is 0.480. The van der Waals surface area contributed by atoms with Crippen LogP contribution in [0.15, 0.2) is 47.1 Å². The Morgan fingerprint density at radius 2 is 2.12 bits per heavy atom. The van der Waals surface area contributed by atoms with E-state index < -0.39 is 11.6 Å². The van der Waals surface area contributed by atoms with E-state index in [1.165, 1.54) is 11.2 Å². The number of benzene rings is 1. The molecule has 3 rings (SSSR count). The second-order valence-electron chi connectivity index (χ2n) is 5.76. The van der Waals surface area contributed by atoms with Gasteiger partial charge in [-0.1, -0.05) is 6.07 Å². The van der Waals surface area contributed by atoms with Crippen LogP contribution in [0.3, 0.4) is 0 Å². The van der Waals surface area contributed by atoms with E-state index in [1.807, 2.05) is 0 Å². The summed E-state index contributed by atoms with van der Waals surface area (Å²) >= 11 is 0. The molecule has 2 aromatic rings. The number of furan rings is 1. The zero-order chi connectivity index (χ0) is 17.2. The Hall–Kier alpha value is -2.96. The SMILES string of the molecule is CC1(c2ccco2)NC(=O)N(CCCOc2cccc(N)c2)C1=O. The molecule has 0 aliphatic carbocycles. The van der Waals surface area contributed by atoms with Crippen LogP contribution in [0.2, 0.25) is 0 Å². The van der Waals surface area contributed by atoms with Crippen molar-refractivity contribution in [2.45, 2.75) is 18.9 Å². The number of rotatable bonds is 6.